The van der Waals surface area contributed by atoms with Crippen molar-refractivity contribution in [3.05, 3.63) is 22.7 Å². The van der Waals surface area contributed by atoms with Crippen molar-refractivity contribution in [2.24, 2.45) is 5.92 Å². The summed E-state index contributed by atoms with van der Waals surface area (Å²) in [6.07, 6.45) is 6.81. The molecule has 0 saturated heterocycles. The Morgan fingerprint density at radius 2 is 2.00 bits per heavy atom. The maximum absolute atomic E-state index is 6.02. The molecule has 1 aromatic rings. The van der Waals surface area contributed by atoms with Crippen LogP contribution in [0.5, 0.6) is 0 Å². The van der Waals surface area contributed by atoms with Gasteiger partial charge in [0.25, 0.3) is 0 Å². The second-order valence-electron chi connectivity index (χ2n) is 4.85. The van der Waals surface area contributed by atoms with Crippen molar-refractivity contribution in [2.45, 2.75) is 49.2 Å². The monoisotopic (exact) mass is 313 g/mol. The Hall–Kier alpha value is -0.150. The Morgan fingerprint density at radius 3 is 2.65 bits per heavy atom. The van der Waals surface area contributed by atoms with E-state index in [-0.39, 0.29) is 0 Å². The van der Waals surface area contributed by atoms with E-state index in [0.717, 1.165) is 21.3 Å². The van der Waals surface area contributed by atoms with E-state index in [1.165, 1.54) is 37.0 Å². The van der Waals surface area contributed by atoms with Crippen LogP contribution < -0.4 is 5.73 Å². The van der Waals surface area contributed by atoms with Gasteiger partial charge in [-0.3, -0.25) is 0 Å². The summed E-state index contributed by atoms with van der Waals surface area (Å²) in [5.41, 5.74) is 6.93. The number of benzene rings is 1. The van der Waals surface area contributed by atoms with Gasteiger partial charge in [0.05, 0.1) is 0 Å². The van der Waals surface area contributed by atoms with E-state index < -0.39 is 0 Å². The van der Waals surface area contributed by atoms with E-state index in [1.807, 2.05) is 23.9 Å². The average molecular weight is 314 g/mol. The number of rotatable bonds is 3. The summed E-state index contributed by atoms with van der Waals surface area (Å²) in [6, 6.07) is 6.14. The molecule has 0 atom stereocenters. The zero-order chi connectivity index (χ0) is 12.3. The summed E-state index contributed by atoms with van der Waals surface area (Å²) in [6.45, 7) is 2.31. The summed E-state index contributed by atoms with van der Waals surface area (Å²) < 4.78 is 1.12. The lowest BCUT2D eigenvalue weighted by Gasteiger charge is -2.27. The Bertz CT molecular complexity index is 372. The molecule has 0 aromatic heterocycles. The lowest BCUT2D eigenvalue weighted by atomic mass is 9.87. The molecule has 94 valence electrons. The van der Waals surface area contributed by atoms with E-state index >= 15 is 0 Å². The van der Waals surface area contributed by atoms with Gasteiger partial charge in [-0.25, -0.2) is 0 Å². The molecule has 1 fully saturated rings. The summed E-state index contributed by atoms with van der Waals surface area (Å²) in [7, 11) is 0. The third kappa shape index (κ3) is 3.65. The first-order chi connectivity index (χ1) is 8.19. The number of nitrogens with two attached hydrogens (primary N) is 1. The number of hydrogen-bond acceptors (Lipinski definition) is 2. The highest BCUT2D eigenvalue weighted by Crippen LogP contribution is 2.39. The molecule has 0 radical (unpaired) electrons. The molecule has 1 aromatic carbocycles. The van der Waals surface area contributed by atoms with Crippen LogP contribution in [-0.4, -0.2) is 5.25 Å². The van der Waals surface area contributed by atoms with Gasteiger partial charge in [0, 0.05) is 20.3 Å². The van der Waals surface area contributed by atoms with Gasteiger partial charge in [-0.2, -0.15) is 0 Å². The average Bonchev–Trinajstić information content (AvgIpc) is 2.35. The van der Waals surface area contributed by atoms with Gasteiger partial charge in [0.1, 0.15) is 0 Å². The molecule has 1 nitrogen and oxygen atoms in total. The van der Waals surface area contributed by atoms with Crippen LogP contribution in [0.2, 0.25) is 0 Å². The summed E-state index contributed by atoms with van der Waals surface area (Å²) in [4.78, 5) is 1.24. The van der Waals surface area contributed by atoms with Gasteiger partial charge < -0.3 is 5.73 Å². The Kier molecular flexibility index (Phi) is 4.80. The van der Waals surface area contributed by atoms with Crippen LogP contribution in [0.4, 0.5) is 5.69 Å². The minimum absolute atomic E-state index is 0.759. The number of halogens is 1. The molecular formula is C14H20BrNS. The van der Waals surface area contributed by atoms with Crippen LogP contribution in [0.1, 0.15) is 39.0 Å². The quantitative estimate of drug-likeness (QED) is 0.786. The first-order valence-electron chi connectivity index (χ1n) is 6.40. The van der Waals surface area contributed by atoms with Gasteiger partial charge in [0.2, 0.25) is 0 Å². The molecule has 1 aliphatic carbocycles. The van der Waals surface area contributed by atoms with E-state index in [9.17, 15) is 0 Å². The van der Waals surface area contributed by atoms with E-state index in [0.29, 0.717) is 0 Å². The molecule has 0 heterocycles. The normalized spacial score (nSPS) is 24.8. The van der Waals surface area contributed by atoms with Crippen molar-refractivity contribution >= 4 is 33.4 Å². The zero-order valence-electron chi connectivity index (χ0n) is 10.3. The van der Waals surface area contributed by atoms with Gasteiger partial charge in [-0.1, -0.05) is 29.3 Å². The molecule has 0 spiro atoms. The Morgan fingerprint density at radius 1 is 1.29 bits per heavy atom. The number of nitrogen functional groups attached to an aromatic ring is 1. The van der Waals surface area contributed by atoms with Crippen molar-refractivity contribution in [3.63, 3.8) is 0 Å². The van der Waals surface area contributed by atoms with Crippen LogP contribution in [-0.2, 0) is 0 Å². The van der Waals surface area contributed by atoms with Crippen LogP contribution in [0.15, 0.2) is 27.6 Å². The minimum atomic E-state index is 0.759. The molecule has 0 unspecified atom stereocenters. The number of thioether (sulfide) groups is 1. The van der Waals surface area contributed by atoms with Crippen LogP contribution in [0.25, 0.3) is 0 Å². The Labute approximate surface area is 117 Å². The fourth-order valence-corrected chi connectivity index (χ4v) is 4.23. The smallest absolute Gasteiger partial charge is 0.0453 e. The first kappa shape index (κ1) is 13.3. The molecule has 3 heteroatoms. The van der Waals surface area contributed by atoms with Gasteiger partial charge in [0.15, 0.2) is 0 Å². The second-order valence-corrected chi connectivity index (χ2v) is 7.11. The van der Waals surface area contributed by atoms with E-state index in [4.69, 9.17) is 5.73 Å². The molecule has 0 amide bonds. The first-order valence-corrected chi connectivity index (χ1v) is 8.08. The molecule has 17 heavy (non-hydrogen) atoms. The topological polar surface area (TPSA) is 26.0 Å². The molecule has 2 rings (SSSR count). The fourth-order valence-electron chi connectivity index (χ4n) is 2.45. The van der Waals surface area contributed by atoms with Crippen molar-refractivity contribution < 1.29 is 0 Å². The molecule has 1 saturated carbocycles. The fraction of sp³-hybridized carbons (Fsp3) is 0.571. The maximum atomic E-state index is 6.02. The van der Waals surface area contributed by atoms with Crippen molar-refractivity contribution in [1.29, 1.82) is 0 Å². The summed E-state index contributed by atoms with van der Waals surface area (Å²) >= 11 is 5.48. The third-order valence-corrected chi connectivity index (χ3v) is 5.55. The lowest BCUT2D eigenvalue weighted by Crippen LogP contribution is -2.15. The van der Waals surface area contributed by atoms with Crippen molar-refractivity contribution in [2.75, 3.05) is 5.73 Å². The summed E-state index contributed by atoms with van der Waals surface area (Å²) in [5.74, 6) is 0.965. The predicted octanol–water partition coefficient (Wildman–Crippen LogP) is 5.09. The molecule has 0 aliphatic heterocycles. The van der Waals surface area contributed by atoms with Crippen molar-refractivity contribution in [3.8, 4) is 0 Å². The van der Waals surface area contributed by atoms with Gasteiger partial charge >= 0.3 is 0 Å². The highest BCUT2D eigenvalue weighted by Gasteiger charge is 2.21. The third-order valence-electron chi connectivity index (χ3n) is 3.64. The van der Waals surface area contributed by atoms with Crippen molar-refractivity contribution in [1.82, 2.24) is 0 Å². The molecule has 1 aliphatic rings. The highest BCUT2D eigenvalue weighted by molar-refractivity contribution is 9.10. The van der Waals surface area contributed by atoms with E-state index in [2.05, 4.69) is 28.9 Å². The number of anilines is 1. The highest BCUT2D eigenvalue weighted by atomic mass is 79.9. The lowest BCUT2D eigenvalue weighted by molar-refractivity contribution is 0.356. The SMILES string of the molecule is CCC1CCC(Sc2cc(Br)ccc2N)CC1. The molecule has 2 N–H and O–H groups in total. The largest absolute Gasteiger partial charge is 0.398 e. The maximum Gasteiger partial charge on any atom is 0.0453 e. The summed E-state index contributed by atoms with van der Waals surface area (Å²) in [5, 5.41) is 0.759. The van der Waals surface area contributed by atoms with E-state index in [1.54, 1.807) is 0 Å². The molecule has 0 bridgehead atoms. The predicted molar refractivity (Wildman–Crippen MR) is 80.4 cm³/mol. The number of hydrogen-bond donors (Lipinski definition) is 1. The van der Waals surface area contributed by atoms with Gasteiger partial charge in [-0.15, -0.1) is 11.8 Å². The second kappa shape index (κ2) is 6.14. The molecular weight excluding hydrogens is 294 g/mol. The van der Waals surface area contributed by atoms with Crippen LogP contribution >= 0.6 is 27.7 Å². The van der Waals surface area contributed by atoms with Crippen LogP contribution in [0.3, 0.4) is 0 Å². The Balaban J connectivity index is 1.95. The van der Waals surface area contributed by atoms with Crippen LogP contribution in [0, 0.1) is 5.92 Å². The minimum Gasteiger partial charge on any atom is -0.398 e. The zero-order valence-corrected chi connectivity index (χ0v) is 12.7. The standard InChI is InChI=1S/C14H20BrNS/c1-2-10-3-6-12(7-4-10)17-14-9-11(15)5-8-13(14)16/h5,8-10,12H,2-4,6-7,16H2,1H3. The van der Waals surface area contributed by atoms with Gasteiger partial charge in [-0.05, 0) is 49.8 Å².